The second-order valence-corrected chi connectivity index (χ2v) is 4.02. The normalized spacial score (nSPS) is 19.1. The van der Waals surface area contributed by atoms with Gasteiger partial charge < -0.3 is 10.6 Å². The van der Waals surface area contributed by atoms with Crippen molar-refractivity contribution in [2.75, 3.05) is 25.5 Å². The minimum absolute atomic E-state index is 0.666. The average molecular weight is 190 g/mol. The Morgan fingerprint density at radius 1 is 1.50 bits per heavy atom. The Morgan fingerprint density at radius 3 is 3.14 bits per heavy atom. The number of fused-ring (bicyclic) bond motifs is 1. The standard InChI is InChI=1S/C12H18N2/c1-9-8-14-12-10(6-7-13-2)4-3-5-11(9)12/h3-5,9,13-14H,6-8H2,1-2H3. The van der Waals surface area contributed by atoms with Crippen LogP contribution in [0.25, 0.3) is 0 Å². The fourth-order valence-electron chi connectivity index (χ4n) is 2.08. The minimum atomic E-state index is 0.666. The highest BCUT2D eigenvalue weighted by molar-refractivity contribution is 5.62. The van der Waals surface area contributed by atoms with E-state index < -0.39 is 0 Å². The van der Waals surface area contributed by atoms with Crippen molar-refractivity contribution >= 4 is 5.69 Å². The first-order valence-electron chi connectivity index (χ1n) is 5.33. The molecule has 0 spiro atoms. The van der Waals surface area contributed by atoms with Gasteiger partial charge in [-0.2, -0.15) is 0 Å². The largest absolute Gasteiger partial charge is 0.384 e. The summed E-state index contributed by atoms with van der Waals surface area (Å²) >= 11 is 0. The smallest absolute Gasteiger partial charge is 0.0409 e. The summed E-state index contributed by atoms with van der Waals surface area (Å²) in [4.78, 5) is 0. The van der Waals surface area contributed by atoms with E-state index in [1.807, 2.05) is 7.05 Å². The fourth-order valence-corrected chi connectivity index (χ4v) is 2.08. The van der Waals surface area contributed by atoms with Crippen LogP contribution >= 0.6 is 0 Å². The van der Waals surface area contributed by atoms with Gasteiger partial charge >= 0.3 is 0 Å². The van der Waals surface area contributed by atoms with Crippen LogP contribution in [0.15, 0.2) is 18.2 Å². The molecular formula is C12H18N2. The summed E-state index contributed by atoms with van der Waals surface area (Å²) in [6, 6.07) is 6.64. The van der Waals surface area contributed by atoms with Gasteiger partial charge in [-0.1, -0.05) is 25.1 Å². The molecule has 0 saturated heterocycles. The minimum Gasteiger partial charge on any atom is -0.384 e. The Kier molecular flexibility index (Phi) is 2.73. The number of likely N-dealkylation sites (N-methyl/N-ethyl adjacent to an activating group) is 1. The summed E-state index contributed by atoms with van der Waals surface area (Å²) in [6.45, 7) is 4.42. The number of hydrogen-bond acceptors (Lipinski definition) is 2. The molecule has 2 nitrogen and oxygen atoms in total. The maximum absolute atomic E-state index is 3.50. The van der Waals surface area contributed by atoms with Crippen molar-refractivity contribution in [3.8, 4) is 0 Å². The zero-order valence-electron chi connectivity index (χ0n) is 8.93. The first kappa shape index (κ1) is 9.53. The van der Waals surface area contributed by atoms with E-state index in [9.17, 15) is 0 Å². The van der Waals surface area contributed by atoms with Crippen LogP contribution in [-0.2, 0) is 6.42 Å². The number of benzene rings is 1. The number of anilines is 1. The highest BCUT2D eigenvalue weighted by atomic mass is 14.9. The molecule has 0 aliphatic carbocycles. The molecule has 2 N–H and O–H groups in total. The van der Waals surface area contributed by atoms with Gasteiger partial charge in [-0.25, -0.2) is 0 Å². The molecule has 0 radical (unpaired) electrons. The maximum Gasteiger partial charge on any atom is 0.0409 e. The van der Waals surface area contributed by atoms with Crippen LogP contribution in [0.4, 0.5) is 5.69 Å². The highest BCUT2D eigenvalue weighted by Crippen LogP contribution is 2.33. The fraction of sp³-hybridized carbons (Fsp3) is 0.500. The predicted octanol–water partition coefficient (Wildman–Crippen LogP) is 1.98. The topological polar surface area (TPSA) is 24.1 Å². The van der Waals surface area contributed by atoms with E-state index in [0.717, 1.165) is 19.5 Å². The molecule has 0 saturated carbocycles. The summed E-state index contributed by atoms with van der Waals surface area (Å²) in [5.74, 6) is 0.666. The molecule has 0 bridgehead atoms. The molecule has 0 aromatic heterocycles. The molecule has 1 aliphatic rings. The van der Waals surface area contributed by atoms with Crippen molar-refractivity contribution in [1.29, 1.82) is 0 Å². The molecule has 1 aromatic carbocycles. The Bertz CT molecular complexity index is 320. The van der Waals surface area contributed by atoms with Crippen molar-refractivity contribution in [1.82, 2.24) is 5.32 Å². The molecule has 2 heteroatoms. The van der Waals surface area contributed by atoms with Crippen molar-refractivity contribution in [3.05, 3.63) is 29.3 Å². The van der Waals surface area contributed by atoms with Crippen molar-refractivity contribution in [3.63, 3.8) is 0 Å². The monoisotopic (exact) mass is 190 g/mol. The van der Waals surface area contributed by atoms with Crippen molar-refractivity contribution in [2.45, 2.75) is 19.3 Å². The molecular weight excluding hydrogens is 172 g/mol. The van der Waals surface area contributed by atoms with E-state index in [1.54, 1.807) is 0 Å². The van der Waals surface area contributed by atoms with Gasteiger partial charge in [-0.15, -0.1) is 0 Å². The quantitative estimate of drug-likeness (QED) is 0.761. The molecule has 2 rings (SSSR count). The van der Waals surface area contributed by atoms with Gasteiger partial charge in [0.2, 0.25) is 0 Å². The van der Waals surface area contributed by atoms with E-state index >= 15 is 0 Å². The lowest BCUT2D eigenvalue weighted by Gasteiger charge is -2.08. The third-order valence-corrected chi connectivity index (χ3v) is 2.94. The predicted molar refractivity (Wildman–Crippen MR) is 61.0 cm³/mol. The van der Waals surface area contributed by atoms with E-state index in [-0.39, 0.29) is 0 Å². The lowest BCUT2D eigenvalue weighted by atomic mass is 9.99. The molecule has 1 aromatic rings. The zero-order chi connectivity index (χ0) is 9.97. The van der Waals surface area contributed by atoms with E-state index in [4.69, 9.17) is 0 Å². The molecule has 1 atom stereocenters. The van der Waals surface area contributed by atoms with Crippen LogP contribution in [0.2, 0.25) is 0 Å². The lowest BCUT2D eigenvalue weighted by Crippen LogP contribution is -2.11. The second-order valence-electron chi connectivity index (χ2n) is 4.02. The van der Waals surface area contributed by atoms with Gasteiger partial charge in [0, 0.05) is 18.2 Å². The lowest BCUT2D eigenvalue weighted by molar-refractivity contribution is 0.792. The molecule has 76 valence electrons. The van der Waals surface area contributed by atoms with Crippen LogP contribution < -0.4 is 10.6 Å². The van der Waals surface area contributed by atoms with Crippen LogP contribution in [0.1, 0.15) is 24.0 Å². The van der Waals surface area contributed by atoms with Crippen LogP contribution in [0.3, 0.4) is 0 Å². The molecule has 1 aliphatic heterocycles. The van der Waals surface area contributed by atoms with Gasteiger partial charge in [0.05, 0.1) is 0 Å². The number of hydrogen-bond donors (Lipinski definition) is 2. The summed E-state index contributed by atoms with van der Waals surface area (Å²) in [5, 5.41) is 6.69. The van der Waals surface area contributed by atoms with Crippen LogP contribution in [0.5, 0.6) is 0 Å². The third kappa shape index (κ3) is 1.62. The zero-order valence-corrected chi connectivity index (χ0v) is 8.93. The molecule has 0 amide bonds. The average Bonchev–Trinajstić information content (AvgIpc) is 2.58. The van der Waals surface area contributed by atoms with E-state index in [0.29, 0.717) is 5.92 Å². The summed E-state index contributed by atoms with van der Waals surface area (Å²) in [6.07, 6.45) is 1.11. The summed E-state index contributed by atoms with van der Waals surface area (Å²) in [5.41, 5.74) is 4.31. The highest BCUT2D eigenvalue weighted by Gasteiger charge is 2.19. The number of rotatable bonds is 3. The Balaban J connectivity index is 2.25. The number of nitrogens with one attached hydrogen (secondary N) is 2. The molecule has 1 heterocycles. The van der Waals surface area contributed by atoms with E-state index in [2.05, 4.69) is 35.8 Å². The van der Waals surface area contributed by atoms with Gasteiger partial charge in [0.25, 0.3) is 0 Å². The summed E-state index contributed by atoms with van der Waals surface area (Å²) < 4.78 is 0. The maximum atomic E-state index is 3.50. The third-order valence-electron chi connectivity index (χ3n) is 2.94. The first-order chi connectivity index (χ1) is 6.83. The Labute approximate surface area is 85.7 Å². The Morgan fingerprint density at radius 2 is 2.36 bits per heavy atom. The Hall–Kier alpha value is -1.02. The van der Waals surface area contributed by atoms with Gasteiger partial charge in [-0.3, -0.25) is 0 Å². The van der Waals surface area contributed by atoms with Crippen LogP contribution in [-0.4, -0.2) is 20.1 Å². The van der Waals surface area contributed by atoms with Gasteiger partial charge in [0.1, 0.15) is 0 Å². The van der Waals surface area contributed by atoms with Gasteiger partial charge in [0.15, 0.2) is 0 Å². The second kappa shape index (κ2) is 4.01. The first-order valence-corrected chi connectivity index (χ1v) is 5.33. The van der Waals surface area contributed by atoms with Gasteiger partial charge in [-0.05, 0) is 31.1 Å². The molecule has 1 unspecified atom stereocenters. The van der Waals surface area contributed by atoms with E-state index in [1.165, 1.54) is 16.8 Å². The molecule has 0 fully saturated rings. The SMILES string of the molecule is CNCCc1cccc2c1NCC2C. The van der Waals surface area contributed by atoms with Crippen molar-refractivity contribution < 1.29 is 0 Å². The molecule has 14 heavy (non-hydrogen) atoms. The summed E-state index contributed by atoms with van der Waals surface area (Å²) in [7, 11) is 2.00. The van der Waals surface area contributed by atoms with Crippen molar-refractivity contribution in [2.24, 2.45) is 0 Å². The number of para-hydroxylation sites is 1. The van der Waals surface area contributed by atoms with Crippen LogP contribution in [0, 0.1) is 0 Å².